The van der Waals surface area contributed by atoms with Crippen LogP contribution in [-0.2, 0) is 27.8 Å². The van der Waals surface area contributed by atoms with E-state index >= 15 is 4.39 Å². The molecule has 0 unspecified atom stereocenters. The molecular formula is C31H36FNO3S. The molecule has 4 nitrogen and oxygen atoms in total. The highest BCUT2D eigenvalue weighted by Crippen LogP contribution is 2.41. The third-order valence-electron chi connectivity index (χ3n) is 7.85. The van der Waals surface area contributed by atoms with Crippen LogP contribution in [-0.4, -0.2) is 37.5 Å². The fourth-order valence-electron chi connectivity index (χ4n) is 5.60. The second kappa shape index (κ2) is 9.88. The molecule has 3 aromatic carbocycles. The van der Waals surface area contributed by atoms with Gasteiger partial charge in [-0.25, -0.2) is 12.8 Å². The van der Waals surface area contributed by atoms with Gasteiger partial charge >= 0.3 is 0 Å². The zero-order valence-electron chi connectivity index (χ0n) is 22.0. The zero-order chi connectivity index (χ0) is 26.3. The molecule has 0 atom stereocenters. The number of hydrogen-bond acceptors (Lipinski definition) is 4. The quantitative estimate of drug-likeness (QED) is 0.381. The number of hydrogen-bond donors (Lipinski definition) is 0. The molecule has 2 heterocycles. The lowest BCUT2D eigenvalue weighted by molar-refractivity contribution is -0.0355. The van der Waals surface area contributed by atoms with Crippen LogP contribution >= 0.6 is 0 Å². The number of piperidine rings is 1. The molecule has 3 aromatic rings. The number of halogens is 1. The van der Waals surface area contributed by atoms with Crippen molar-refractivity contribution < 1.29 is 17.5 Å². The number of aryl methyl sites for hydroxylation is 1. The molecule has 1 spiro atoms. The maximum absolute atomic E-state index is 15.0. The van der Waals surface area contributed by atoms with E-state index in [0.717, 1.165) is 61.2 Å². The third kappa shape index (κ3) is 5.91. The summed E-state index contributed by atoms with van der Waals surface area (Å²) in [6, 6.07) is 19.9. The standard InChI is InChI=1S/C31H36FNO3S/c1-30(2,3)33-17-15-31(16-18-33)14-13-26-19-24(11-12-29(26)36-31)25-9-10-27(28(32)20-25)22-37(34,35)21-23-7-5-4-6-8-23/h4-12,19-20H,13-18,21-22H2,1-3H3. The summed E-state index contributed by atoms with van der Waals surface area (Å²) in [5, 5.41) is 0. The van der Waals surface area contributed by atoms with Crippen molar-refractivity contribution in [2.75, 3.05) is 13.1 Å². The molecule has 0 radical (unpaired) electrons. The van der Waals surface area contributed by atoms with Crippen LogP contribution in [0.2, 0.25) is 0 Å². The van der Waals surface area contributed by atoms with E-state index in [1.165, 1.54) is 6.07 Å². The van der Waals surface area contributed by atoms with E-state index < -0.39 is 15.7 Å². The SMILES string of the molecule is CC(C)(C)N1CCC2(CCc3cc(-c4ccc(CS(=O)(=O)Cc5ccccc5)c(F)c4)ccc3O2)CC1. The Morgan fingerprint density at radius 3 is 2.24 bits per heavy atom. The highest BCUT2D eigenvalue weighted by atomic mass is 32.2. The fourth-order valence-corrected chi connectivity index (χ4v) is 7.11. The number of sulfone groups is 1. The molecule has 0 saturated carbocycles. The van der Waals surface area contributed by atoms with Crippen LogP contribution in [0, 0.1) is 5.82 Å². The van der Waals surface area contributed by atoms with Gasteiger partial charge in [0.2, 0.25) is 0 Å². The van der Waals surface area contributed by atoms with Crippen molar-refractivity contribution in [1.82, 2.24) is 4.90 Å². The molecule has 6 heteroatoms. The Morgan fingerprint density at radius 1 is 0.892 bits per heavy atom. The van der Waals surface area contributed by atoms with Gasteiger partial charge in [-0.05, 0) is 86.9 Å². The molecule has 0 aromatic heterocycles. The van der Waals surface area contributed by atoms with Crippen molar-refractivity contribution in [3.8, 4) is 16.9 Å². The van der Waals surface area contributed by atoms with E-state index in [9.17, 15) is 8.42 Å². The smallest absolute Gasteiger partial charge is 0.158 e. The molecule has 2 aliphatic heterocycles. The van der Waals surface area contributed by atoms with Crippen molar-refractivity contribution >= 4 is 9.84 Å². The topological polar surface area (TPSA) is 46.6 Å². The average Bonchev–Trinajstić information content (AvgIpc) is 2.85. The maximum atomic E-state index is 15.0. The van der Waals surface area contributed by atoms with E-state index in [1.807, 2.05) is 24.3 Å². The summed E-state index contributed by atoms with van der Waals surface area (Å²) in [4.78, 5) is 2.53. The van der Waals surface area contributed by atoms with Gasteiger partial charge in [-0.15, -0.1) is 0 Å². The molecule has 0 aliphatic carbocycles. The number of likely N-dealkylation sites (tertiary alicyclic amines) is 1. The van der Waals surface area contributed by atoms with Crippen LogP contribution in [0.4, 0.5) is 4.39 Å². The van der Waals surface area contributed by atoms with Crippen molar-refractivity contribution in [2.45, 2.75) is 69.1 Å². The minimum Gasteiger partial charge on any atom is -0.487 e. The minimum atomic E-state index is -3.48. The predicted octanol–water partition coefficient (Wildman–Crippen LogP) is 6.57. The van der Waals surface area contributed by atoms with E-state index in [-0.39, 0.29) is 28.2 Å². The van der Waals surface area contributed by atoms with Gasteiger partial charge in [0.25, 0.3) is 0 Å². The van der Waals surface area contributed by atoms with Gasteiger partial charge in [0.15, 0.2) is 9.84 Å². The Bertz CT molecular complexity index is 1370. The molecule has 0 bridgehead atoms. The molecular weight excluding hydrogens is 485 g/mol. The summed E-state index contributed by atoms with van der Waals surface area (Å²) in [5.41, 5.74) is 3.80. The third-order valence-corrected chi connectivity index (χ3v) is 9.38. The van der Waals surface area contributed by atoms with Crippen molar-refractivity contribution in [3.05, 3.63) is 89.2 Å². The first-order valence-electron chi connectivity index (χ1n) is 13.1. The van der Waals surface area contributed by atoms with Gasteiger partial charge in [-0.2, -0.15) is 0 Å². The molecule has 1 fully saturated rings. The van der Waals surface area contributed by atoms with Crippen molar-refractivity contribution in [3.63, 3.8) is 0 Å². The lowest BCUT2D eigenvalue weighted by Crippen LogP contribution is -2.54. The largest absolute Gasteiger partial charge is 0.487 e. The van der Waals surface area contributed by atoms with Crippen LogP contribution in [0.15, 0.2) is 66.7 Å². The molecule has 0 N–H and O–H groups in total. The molecule has 0 amide bonds. The Morgan fingerprint density at radius 2 is 1.57 bits per heavy atom. The van der Waals surface area contributed by atoms with E-state index in [1.54, 1.807) is 30.3 Å². The number of benzene rings is 3. The number of rotatable bonds is 5. The molecule has 196 valence electrons. The van der Waals surface area contributed by atoms with E-state index in [2.05, 4.69) is 31.7 Å². The molecule has 1 saturated heterocycles. The first-order chi connectivity index (χ1) is 17.5. The Balaban J connectivity index is 1.28. The summed E-state index contributed by atoms with van der Waals surface area (Å²) in [7, 11) is -3.48. The normalized spacial score (nSPS) is 17.8. The fraction of sp³-hybridized carbons (Fsp3) is 0.419. The Hall–Kier alpha value is -2.70. The van der Waals surface area contributed by atoms with Crippen LogP contribution < -0.4 is 4.74 Å². The summed E-state index contributed by atoms with van der Waals surface area (Å²) in [6.07, 6.45) is 4.00. The Labute approximate surface area is 220 Å². The average molecular weight is 522 g/mol. The van der Waals surface area contributed by atoms with Gasteiger partial charge in [0.05, 0.1) is 11.5 Å². The van der Waals surface area contributed by atoms with Gasteiger partial charge in [0.1, 0.15) is 17.2 Å². The van der Waals surface area contributed by atoms with Crippen molar-refractivity contribution in [1.29, 1.82) is 0 Å². The highest BCUT2D eigenvalue weighted by molar-refractivity contribution is 7.89. The molecule has 37 heavy (non-hydrogen) atoms. The van der Waals surface area contributed by atoms with Crippen LogP contribution in [0.1, 0.15) is 56.7 Å². The van der Waals surface area contributed by atoms with Crippen molar-refractivity contribution in [2.24, 2.45) is 0 Å². The molecule has 2 aliphatic rings. The lowest BCUT2D eigenvalue weighted by Gasteiger charge is -2.48. The molecule has 5 rings (SSSR count). The zero-order valence-corrected chi connectivity index (χ0v) is 22.8. The van der Waals surface area contributed by atoms with Gasteiger partial charge in [0, 0.05) is 24.2 Å². The summed E-state index contributed by atoms with van der Waals surface area (Å²) >= 11 is 0. The number of fused-ring (bicyclic) bond motifs is 1. The lowest BCUT2D eigenvalue weighted by atomic mass is 9.81. The van der Waals surface area contributed by atoms with Gasteiger partial charge < -0.3 is 4.74 Å². The summed E-state index contributed by atoms with van der Waals surface area (Å²) < 4.78 is 46.9. The van der Waals surface area contributed by atoms with Crippen LogP contribution in [0.5, 0.6) is 5.75 Å². The second-order valence-electron chi connectivity index (χ2n) is 11.6. The Kier molecular flexibility index (Phi) is 6.92. The minimum absolute atomic E-state index is 0.0880. The van der Waals surface area contributed by atoms with Gasteiger partial charge in [-0.1, -0.05) is 48.5 Å². The van der Waals surface area contributed by atoms with Crippen LogP contribution in [0.25, 0.3) is 11.1 Å². The van der Waals surface area contributed by atoms with E-state index in [0.29, 0.717) is 5.56 Å². The first-order valence-corrected chi connectivity index (χ1v) is 14.9. The first kappa shape index (κ1) is 25.9. The maximum Gasteiger partial charge on any atom is 0.158 e. The number of ether oxygens (including phenoxy) is 1. The summed E-state index contributed by atoms with van der Waals surface area (Å²) in [6.45, 7) is 8.89. The van der Waals surface area contributed by atoms with Gasteiger partial charge in [-0.3, -0.25) is 4.90 Å². The van der Waals surface area contributed by atoms with Crippen LogP contribution in [0.3, 0.4) is 0 Å². The highest BCUT2D eigenvalue weighted by Gasteiger charge is 2.41. The predicted molar refractivity (Wildman–Crippen MR) is 147 cm³/mol. The second-order valence-corrected chi connectivity index (χ2v) is 13.7. The van der Waals surface area contributed by atoms with E-state index in [4.69, 9.17) is 4.74 Å². The monoisotopic (exact) mass is 521 g/mol. The summed E-state index contributed by atoms with van der Waals surface area (Å²) in [5.74, 6) is 0.0204. The number of nitrogens with zero attached hydrogens (tertiary/aromatic N) is 1.